The molecule has 0 saturated heterocycles. The number of carbonyl (C=O) groups excluding carboxylic acids is 1. The van der Waals surface area contributed by atoms with E-state index in [-0.39, 0.29) is 11.2 Å². The molecule has 1 atom stereocenters. The number of benzene rings is 1. The summed E-state index contributed by atoms with van der Waals surface area (Å²) in [5.41, 5.74) is 0. The zero-order chi connectivity index (χ0) is 15.8. The zero-order valence-corrected chi connectivity index (χ0v) is 14.8. The molecule has 0 heterocycles. The van der Waals surface area contributed by atoms with Crippen LogP contribution in [0.25, 0.3) is 0 Å². The van der Waals surface area contributed by atoms with Gasteiger partial charge in [-0.1, -0.05) is 18.5 Å². The minimum absolute atomic E-state index is 0.0785. The Morgan fingerprint density at radius 1 is 1.29 bits per heavy atom. The van der Waals surface area contributed by atoms with Crippen LogP contribution in [0.4, 0.5) is 0 Å². The van der Waals surface area contributed by atoms with E-state index in [4.69, 9.17) is 11.6 Å². The van der Waals surface area contributed by atoms with Crippen molar-refractivity contribution in [2.24, 2.45) is 0 Å². The first-order valence-electron chi connectivity index (χ1n) is 7.38. The third-order valence-electron chi connectivity index (χ3n) is 3.33. The van der Waals surface area contributed by atoms with Gasteiger partial charge < -0.3 is 5.32 Å². The minimum atomic E-state index is -0.111. The van der Waals surface area contributed by atoms with E-state index in [0.717, 1.165) is 18.0 Å². The first kappa shape index (κ1) is 18.3. The van der Waals surface area contributed by atoms with E-state index >= 15 is 0 Å². The van der Waals surface area contributed by atoms with Gasteiger partial charge in [-0.15, -0.1) is 11.8 Å². The quantitative estimate of drug-likeness (QED) is 0.739. The second kappa shape index (κ2) is 9.34. The van der Waals surface area contributed by atoms with E-state index in [9.17, 15) is 4.79 Å². The number of nitrogens with zero attached hydrogens (tertiary/aromatic N) is 1. The van der Waals surface area contributed by atoms with Crippen LogP contribution in [0.5, 0.6) is 0 Å². The Bertz CT molecular complexity index is 436. The maximum Gasteiger partial charge on any atom is 0.233 e. The van der Waals surface area contributed by atoms with E-state index < -0.39 is 0 Å². The van der Waals surface area contributed by atoms with Crippen LogP contribution in [-0.2, 0) is 4.79 Å². The van der Waals surface area contributed by atoms with Gasteiger partial charge in [-0.3, -0.25) is 9.69 Å². The van der Waals surface area contributed by atoms with Crippen LogP contribution in [-0.4, -0.2) is 41.7 Å². The molecular weight excluding hydrogens is 304 g/mol. The average molecular weight is 329 g/mol. The largest absolute Gasteiger partial charge is 0.354 e. The fourth-order valence-corrected chi connectivity index (χ4v) is 3.04. The first-order valence-corrected chi connectivity index (χ1v) is 8.63. The van der Waals surface area contributed by atoms with Crippen LogP contribution in [0, 0.1) is 0 Å². The lowest BCUT2D eigenvalue weighted by Gasteiger charge is -2.25. The number of thioether (sulfide) groups is 1. The lowest BCUT2D eigenvalue weighted by molar-refractivity contribution is -0.120. The highest BCUT2D eigenvalue weighted by molar-refractivity contribution is 8.00. The molecule has 0 spiro atoms. The SMILES string of the molecule is CCN(CCNC(=O)C(C)Sc1ccc(Cl)cc1)C(C)C. The Balaban J connectivity index is 2.36. The summed E-state index contributed by atoms with van der Waals surface area (Å²) in [5, 5.41) is 3.61. The Kier molecular flexibility index (Phi) is 8.15. The standard InChI is InChI=1S/C16H25ClN2OS/c1-5-19(12(2)3)11-10-18-16(20)13(4)21-15-8-6-14(17)7-9-15/h6-9,12-13H,5,10-11H2,1-4H3,(H,18,20). The van der Waals surface area contributed by atoms with Crippen molar-refractivity contribution in [1.82, 2.24) is 10.2 Å². The molecule has 0 saturated carbocycles. The third-order valence-corrected chi connectivity index (χ3v) is 4.69. The summed E-state index contributed by atoms with van der Waals surface area (Å²) >= 11 is 7.40. The molecule has 1 aromatic carbocycles. The molecule has 5 heteroatoms. The molecule has 118 valence electrons. The molecular formula is C16H25ClN2OS. The molecule has 21 heavy (non-hydrogen) atoms. The van der Waals surface area contributed by atoms with Crippen LogP contribution < -0.4 is 5.32 Å². The van der Waals surface area contributed by atoms with Crippen molar-refractivity contribution in [1.29, 1.82) is 0 Å². The number of nitrogens with one attached hydrogen (secondary N) is 1. The number of likely N-dealkylation sites (N-methyl/N-ethyl adjacent to an activating group) is 1. The van der Waals surface area contributed by atoms with Crippen molar-refractivity contribution in [3.8, 4) is 0 Å². The molecule has 0 aromatic heterocycles. The van der Waals surface area contributed by atoms with Gasteiger partial charge in [0, 0.05) is 29.0 Å². The molecule has 3 nitrogen and oxygen atoms in total. The van der Waals surface area contributed by atoms with Gasteiger partial charge >= 0.3 is 0 Å². The van der Waals surface area contributed by atoms with E-state index in [1.807, 2.05) is 31.2 Å². The topological polar surface area (TPSA) is 32.3 Å². The third kappa shape index (κ3) is 6.72. The van der Waals surface area contributed by atoms with Crippen LogP contribution >= 0.6 is 23.4 Å². The molecule has 1 unspecified atom stereocenters. The fourth-order valence-electron chi connectivity index (χ4n) is 2.02. The van der Waals surface area contributed by atoms with Gasteiger partial charge in [0.2, 0.25) is 5.91 Å². The fraction of sp³-hybridized carbons (Fsp3) is 0.562. The molecule has 0 bridgehead atoms. The second-order valence-corrected chi connectivity index (χ2v) is 7.08. The average Bonchev–Trinajstić information content (AvgIpc) is 2.45. The van der Waals surface area contributed by atoms with Crippen molar-refractivity contribution in [3.63, 3.8) is 0 Å². The summed E-state index contributed by atoms with van der Waals surface area (Å²) in [4.78, 5) is 15.5. The molecule has 0 aliphatic heterocycles. The monoisotopic (exact) mass is 328 g/mol. The Labute approximate surface area is 137 Å². The highest BCUT2D eigenvalue weighted by Gasteiger charge is 2.14. The summed E-state index contributed by atoms with van der Waals surface area (Å²) in [5.74, 6) is 0.0785. The smallest absolute Gasteiger partial charge is 0.233 e. The van der Waals surface area contributed by atoms with Gasteiger partial charge in [0.1, 0.15) is 0 Å². The lowest BCUT2D eigenvalue weighted by Crippen LogP contribution is -2.40. The van der Waals surface area contributed by atoms with E-state index in [2.05, 4.69) is 31.0 Å². The lowest BCUT2D eigenvalue weighted by atomic mass is 10.3. The van der Waals surface area contributed by atoms with Crippen molar-refractivity contribution in [3.05, 3.63) is 29.3 Å². The van der Waals surface area contributed by atoms with Gasteiger partial charge in [0.25, 0.3) is 0 Å². The van der Waals surface area contributed by atoms with Crippen LogP contribution in [0.2, 0.25) is 5.02 Å². The number of amides is 1. The van der Waals surface area contributed by atoms with Gasteiger partial charge in [-0.2, -0.15) is 0 Å². The van der Waals surface area contributed by atoms with Crippen LogP contribution in [0.1, 0.15) is 27.7 Å². The number of carbonyl (C=O) groups is 1. The van der Waals surface area contributed by atoms with Crippen molar-refractivity contribution >= 4 is 29.3 Å². The molecule has 0 aliphatic carbocycles. The highest BCUT2D eigenvalue weighted by Crippen LogP contribution is 2.24. The number of rotatable bonds is 8. The summed E-state index contributed by atoms with van der Waals surface area (Å²) in [6.07, 6.45) is 0. The van der Waals surface area contributed by atoms with E-state index in [0.29, 0.717) is 17.6 Å². The molecule has 0 radical (unpaired) electrons. The predicted molar refractivity (Wildman–Crippen MR) is 92.2 cm³/mol. The molecule has 0 fully saturated rings. The summed E-state index contributed by atoms with van der Waals surface area (Å²) in [6.45, 7) is 11.0. The summed E-state index contributed by atoms with van der Waals surface area (Å²) < 4.78 is 0. The maximum atomic E-state index is 12.1. The summed E-state index contributed by atoms with van der Waals surface area (Å²) in [7, 11) is 0. The number of hydrogen-bond acceptors (Lipinski definition) is 3. The Hall–Kier alpha value is -0.710. The normalized spacial score (nSPS) is 12.7. The minimum Gasteiger partial charge on any atom is -0.354 e. The highest BCUT2D eigenvalue weighted by atomic mass is 35.5. The van der Waals surface area contributed by atoms with Crippen LogP contribution in [0.15, 0.2) is 29.2 Å². The van der Waals surface area contributed by atoms with Crippen molar-refractivity contribution in [2.75, 3.05) is 19.6 Å². The van der Waals surface area contributed by atoms with Crippen molar-refractivity contribution in [2.45, 2.75) is 43.9 Å². The van der Waals surface area contributed by atoms with Crippen molar-refractivity contribution < 1.29 is 4.79 Å². The molecule has 0 aliphatic rings. The molecule has 1 N–H and O–H groups in total. The Morgan fingerprint density at radius 2 is 1.90 bits per heavy atom. The predicted octanol–water partition coefficient (Wildman–Crippen LogP) is 3.67. The van der Waals surface area contributed by atoms with Gasteiger partial charge in [-0.25, -0.2) is 0 Å². The maximum absolute atomic E-state index is 12.1. The number of halogens is 1. The first-order chi connectivity index (χ1) is 9.93. The molecule has 1 aromatic rings. The molecule has 1 rings (SSSR count). The van der Waals surface area contributed by atoms with Crippen LogP contribution in [0.3, 0.4) is 0 Å². The Morgan fingerprint density at radius 3 is 2.43 bits per heavy atom. The summed E-state index contributed by atoms with van der Waals surface area (Å²) in [6, 6.07) is 8.07. The van der Waals surface area contributed by atoms with E-state index in [1.165, 1.54) is 0 Å². The number of hydrogen-bond donors (Lipinski definition) is 1. The zero-order valence-electron chi connectivity index (χ0n) is 13.2. The second-order valence-electron chi connectivity index (χ2n) is 5.23. The van der Waals surface area contributed by atoms with Gasteiger partial charge in [0.05, 0.1) is 5.25 Å². The molecule has 1 amide bonds. The van der Waals surface area contributed by atoms with Gasteiger partial charge in [0.15, 0.2) is 0 Å². The van der Waals surface area contributed by atoms with Gasteiger partial charge in [-0.05, 0) is 51.6 Å². The van der Waals surface area contributed by atoms with E-state index in [1.54, 1.807) is 11.8 Å².